The molecule has 3 N–H and O–H groups in total. The fourth-order valence-corrected chi connectivity index (χ4v) is 1.94. The maximum atomic E-state index is 5.56. The lowest BCUT2D eigenvalue weighted by Crippen LogP contribution is -2.32. The third kappa shape index (κ3) is 3.87. The highest BCUT2D eigenvalue weighted by atomic mass is 79.9. The van der Waals surface area contributed by atoms with E-state index in [0.717, 1.165) is 17.5 Å². The van der Waals surface area contributed by atoms with Gasteiger partial charge in [0.25, 0.3) is 0 Å². The standard InChI is InChI=1S/C12H19BrN2O/c1-3-6-16-8-12(15-14)11-7-10(13)5-4-9(11)2/h4-5,7,12,15H,3,6,8,14H2,1-2H3. The maximum absolute atomic E-state index is 5.56. The molecular formula is C12H19BrN2O. The van der Waals surface area contributed by atoms with E-state index < -0.39 is 0 Å². The molecule has 1 unspecified atom stereocenters. The quantitative estimate of drug-likeness (QED) is 0.480. The largest absolute Gasteiger partial charge is 0.379 e. The van der Waals surface area contributed by atoms with E-state index in [0.29, 0.717) is 6.61 Å². The summed E-state index contributed by atoms with van der Waals surface area (Å²) >= 11 is 3.47. The number of hydrazine groups is 1. The summed E-state index contributed by atoms with van der Waals surface area (Å²) in [5, 5.41) is 0. The van der Waals surface area contributed by atoms with Crippen LogP contribution < -0.4 is 11.3 Å². The van der Waals surface area contributed by atoms with E-state index in [1.807, 2.05) is 6.07 Å². The second-order valence-electron chi connectivity index (χ2n) is 3.80. The van der Waals surface area contributed by atoms with Crippen molar-refractivity contribution in [3.8, 4) is 0 Å². The number of benzene rings is 1. The van der Waals surface area contributed by atoms with E-state index in [9.17, 15) is 0 Å². The molecule has 1 aromatic rings. The second kappa shape index (κ2) is 7.01. The zero-order chi connectivity index (χ0) is 12.0. The number of nitrogens with two attached hydrogens (primary N) is 1. The van der Waals surface area contributed by atoms with Gasteiger partial charge in [-0.15, -0.1) is 0 Å². The van der Waals surface area contributed by atoms with Crippen LogP contribution in [0.1, 0.15) is 30.5 Å². The van der Waals surface area contributed by atoms with Gasteiger partial charge in [0.2, 0.25) is 0 Å². The number of hydrogen-bond donors (Lipinski definition) is 2. The van der Waals surface area contributed by atoms with Crippen molar-refractivity contribution >= 4 is 15.9 Å². The van der Waals surface area contributed by atoms with Crippen molar-refractivity contribution in [1.82, 2.24) is 5.43 Å². The third-order valence-corrected chi connectivity index (χ3v) is 2.94. The number of aryl methyl sites for hydroxylation is 1. The molecule has 0 saturated heterocycles. The zero-order valence-corrected chi connectivity index (χ0v) is 11.4. The SMILES string of the molecule is CCCOCC(NN)c1cc(Br)ccc1C. The smallest absolute Gasteiger partial charge is 0.0696 e. The van der Waals surface area contributed by atoms with Gasteiger partial charge in [0.1, 0.15) is 0 Å². The van der Waals surface area contributed by atoms with Gasteiger partial charge in [-0.2, -0.15) is 0 Å². The molecule has 16 heavy (non-hydrogen) atoms. The minimum Gasteiger partial charge on any atom is -0.379 e. The van der Waals surface area contributed by atoms with Crippen LogP contribution in [0.4, 0.5) is 0 Å². The number of nitrogens with one attached hydrogen (secondary N) is 1. The lowest BCUT2D eigenvalue weighted by atomic mass is 10.0. The Morgan fingerprint density at radius 2 is 2.25 bits per heavy atom. The van der Waals surface area contributed by atoms with E-state index >= 15 is 0 Å². The van der Waals surface area contributed by atoms with Gasteiger partial charge in [0.05, 0.1) is 12.6 Å². The second-order valence-corrected chi connectivity index (χ2v) is 4.71. The summed E-state index contributed by atoms with van der Waals surface area (Å²) < 4.78 is 6.59. The molecule has 0 spiro atoms. The van der Waals surface area contributed by atoms with Crippen LogP contribution >= 0.6 is 15.9 Å². The van der Waals surface area contributed by atoms with Gasteiger partial charge in [-0.3, -0.25) is 11.3 Å². The van der Waals surface area contributed by atoms with Crippen molar-refractivity contribution in [2.75, 3.05) is 13.2 Å². The Bertz CT molecular complexity index is 331. The van der Waals surface area contributed by atoms with Gasteiger partial charge >= 0.3 is 0 Å². The highest BCUT2D eigenvalue weighted by Crippen LogP contribution is 2.22. The average Bonchev–Trinajstić information content (AvgIpc) is 2.28. The fourth-order valence-electron chi connectivity index (χ4n) is 1.56. The van der Waals surface area contributed by atoms with Gasteiger partial charge in [-0.1, -0.05) is 28.9 Å². The van der Waals surface area contributed by atoms with Crippen molar-refractivity contribution in [3.63, 3.8) is 0 Å². The van der Waals surface area contributed by atoms with Crippen LogP contribution in [-0.2, 0) is 4.74 Å². The minimum atomic E-state index is 0.0454. The van der Waals surface area contributed by atoms with Crippen LogP contribution in [0.25, 0.3) is 0 Å². The topological polar surface area (TPSA) is 47.3 Å². The summed E-state index contributed by atoms with van der Waals surface area (Å²) in [6.45, 7) is 5.54. The lowest BCUT2D eigenvalue weighted by molar-refractivity contribution is 0.112. The van der Waals surface area contributed by atoms with Crippen LogP contribution in [-0.4, -0.2) is 13.2 Å². The Morgan fingerprint density at radius 3 is 2.88 bits per heavy atom. The Hall–Kier alpha value is -0.420. The van der Waals surface area contributed by atoms with Crippen molar-refractivity contribution < 1.29 is 4.74 Å². The molecule has 0 saturated carbocycles. The van der Waals surface area contributed by atoms with Crippen molar-refractivity contribution in [2.45, 2.75) is 26.3 Å². The van der Waals surface area contributed by atoms with Crippen LogP contribution in [0.2, 0.25) is 0 Å². The Balaban J connectivity index is 2.73. The van der Waals surface area contributed by atoms with E-state index in [4.69, 9.17) is 10.6 Å². The van der Waals surface area contributed by atoms with Gasteiger partial charge in [0.15, 0.2) is 0 Å². The summed E-state index contributed by atoms with van der Waals surface area (Å²) in [6.07, 6.45) is 1.02. The number of ether oxygens (including phenoxy) is 1. The normalized spacial score (nSPS) is 12.8. The first-order valence-corrected chi connectivity index (χ1v) is 6.28. The maximum Gasteiger partial charge on any atom is 0.0696 e. The lowest BCUT2D eigenvalue weighted by Gasteiger charge is -2.18. The molecule has 0 aliphatic rings. The molecule has 0 aliphatic carbocycles. The van der Waals surface area contributed by atoms with E-state index in [2.05, 4.69) is 47.3 Å². The molecule has 0 aromatic heterocycles. The molecule has 1 atom stereocenters. The predicted octanol–water partition coefficient (Wildman–Crippen LogP) is 2.69. The van der Waals surface area contributed by atoms with Crippen molar-refractivity contribution in [3.05, 3.63) is 33.8 Å². The molecule has 0 amide bonds. The molecule has 0 heterocycles. The molecule has 4 heteroatoms. The first kappa shape index (κ1) is 13.6. The molecule has 0 fully saturated rings. The molecular weight excluding hydrogens is 268 g/mol. The fraction of sp³-hybridized carbons (Fsp3) is 0.500. The molecule has 0 bridgehead atoms. The zero-order valence-electron chi connectivity index (χ0n) is 9.79. The van der Waals surface area contributed by atoms with Crippen LogP contribution in [0.5, 0.6) is 0 Å². The molecule has 1 rings (SSSR count). The van der Waals surface area contributed by atoms with Crippen molar-refractivity contribution in [1.29, 1.82) is 0 Å². The highest BCUT2D eigenvalue weighted by Gasteiger charge is 2.12. The molecule has 0 radical (unpaired) electrons. The molecule has 1 aromatic carbocycles. The third-order valence-electron chi connectivity index (χ3n) is 2.45. The first-order valence-electron chi connectivity index (χ1n) is 5.49. The van der Waals surface area contributed by atoms with Crippen molar-refractivity contribution in [2.24, 2.45) is 5.84 Å². The summed E-state index contributed by atoms with van der Waals surface area (Å²) in [7, 11) is 0. The van der Waals surface area contributed by atoms with Crippen LogP contribution in [0.3, 0.4) is 0 Å². The van der Waals surface area contributed by atoms with Crippen LogP contribution in [0.15, 0.2) is 22.7 Å². The number of hydrogen-bond acceptors (Lipinski definition) is 3. The Morgan fingerprint density at radius 1 is 1.50 bits per heavy atom. The Kier molecular flexibility index (Phi) is 5.98. The monoisotopic (exact) mass is 286 g/mol. The minimum absolute atomic E-state index is 0.0454. The average molecular weight is 287 g/mol. The van der Waals surface area contributed by atoms with E-state index in [1.165, 1.54) is 11.1 Å². The molecule has 90 valence electrons. The number of halogens is 1. The van der Waals surface area contributed by atoms with Gasteiger partial charge in [-0.25, -0.2) is 0 Å². The number of rotatable bonds is 6. The first-order chi connectivity index (χ1) is 7.69. The van der Waals surface area contributed by atoms with Gasteiger partial charge in [0, 0.05) is 11.1 Å². The van der Waals surface area contributed by atoms with Crippen LogP contribution in [0, 0.1) is 6.92 Å². The highest BCUT2D eigenvalue weighted by molar-refractivity contribution is 9.10. The summed E-state index contributed by atoms with van der Waals surface area (Å²) in [5.74, 6) is 5.56. The summed E-state index contributed by atoms with van der Waals surface area (Å²) in [4.78, 5) is 0. The van der Waals surface area contributed by atoms with E-state index in [-0.39, 0.29) is 6.04 Å². The summed E-state index contributed by atoms with van der Waals surface area (Å²) in [5.41, 5.74) is 5.19. The Labute approximate surface area is 105 Å². The van der Waals surface area contributed by atoms with Gasteiger partial charge < -0.3 is 4.74 Å². The molecule has 3 nitrogen and oxygen atoms in total. The predicted molar refractivity (Wildman–Crippen MR) is 70.1 cm³/mol. The molecule has 0 aliphatic heterocycles. The van der Waals surface area contributed by atoms with E-state index in [1.54, 1.807) is 0 Å². The van der Waals surface area contributed by atoms with Gasteiger partial charge in [-0.05, 0) is 36.6 Å². The summed E-state index contributed by atoms with van der Waals surface area (Å²) in [6, 6.07) is 6.22.